The molecule has 5 heteroatoms. The number of hydrogen-bond donors (Lipinski definition) is 2. The van der Waals surface area contributed by atoms with Gasteiger partial charge in [-0.15, -0.1) is 0 Å². The highest BCUT2D eigenvalue weighted by molar-refractivity contribution is 5.80. The maximum Gasteiger partial charge on any atom is 0.192 e. The number of aromatic nitrogens is 2. The van der Waals surface area contributed by atoms with Gasteiger partial charge in [0.1, 0.15) is 0 Å². The predicted octanol–water partition coefficient (Wildman–Crippen LogP) is 2.07. The summed E-state index contributed by atoms with van der Waals surface area (Å²) in [6, 6.07) is 12.2. The third-order valence-corrected chi connectivity index (χ3v) is 3.70. The standard InChI is InChI=1S/C19H23N5/c1-24-13-11-18(23-24)15-22-19(20-12-5-8-16-9-10-16)21-14-17-6-3-2-4-7-17/h2-4,6-7,11,13,16H,9-10,12,14-15H2,1H3,(H2,20,21,22). The van der Waals surface area contributed by atoms with E-state index in [1.54, 1.807) is 4.68 Å². The molecule has 0 amide bonds. The first-order chi connectivity index (χ1) is 11.8. The van der Waals surface area contributed by atoms with Crippen LogP contribution in [0.25, 0.3) is 0 Å². The Hall–Kier alpha value is -2.74. The molecule has 124 valence electrons. The summed E-state index contributed by atoms with van der Waals surface area (Å²) in [6.45, 7) is 1.88. The second-order valence-corrected chi connectivity index (χ2v) is 5.93. The van der Waals surface area contributed by atoms with Crippen LogP contribution < -0.4 is 10.6 Å². The third kappa shape index (κ3) is 5.47. The first-order valence-electron chi connectivity index (χ1n) is 8.32. The molecule has 1 aromatic carbocycles. The van der Waals surface area contributed by atoms with E-state index in [0.29, 0.717) is 25.6 Å². The summed E-state index contributed by atoms with van der Waals surface area (Å²) in [5.74, 6) is 7.81. The molecule has 0 bridgehead atoms. The molecular weight excluding hydrogens is 298 g/mol. The zero-order valence-electron chi connectivity index (χ0n) is 14.0. The summed E-state index contributed by atoms with van der Waals surface area (Å²) >= 11 is 0. The maximum absolute atomic E-state index is 4.64. The minimum atomic E-state index is 0.610. The van der Waals surface area contributed by atoms with Gasteiger partial charge in [-0.2, -0.15) is 5.10 Å². The van der Waals surface area contributed by atoms with Crippen LogP contribution in [0.1, 0.15) is 24.1 Å². The Morgan fingerprint density at radius 2 is 2.08 bits per heavy atom. The van der Waals surface area contributed by atoms with Gasteiger partial charge in [-0.05, 0) is 24.5 Å². The van der Waals surface area contributed by atoms with Crippen molar-refractivity contribution in [1.82, 2.24) is 20.4 Å². The maximum atomic E-state index is 4.64. The van der Waals surface area contributed by atoms with Crippen LogP contribution in [-0.2, 0) is 20.1 Å². The van der Waals surface area contributed by atoms with Gasteiger partial charge in [-0.3, -0.25) is 4.68 Å². The highest BCUT2D eigenvalue weighted by atomic mass is 15.3. The van der Waals surface area contributed by atoms with Gasteiger partial charge in [0.15, 0.2) is 5.96 Å². The molecule has 1 aromatic heterocycles. The van der Waals surface area contributed by atoms with Crippen molar-refractivity contribution in [3.05, 3.63) is 53.9 Å². The van der Waals surface area contributed by atoms with Crippen LogP contribution in [0.15, 0.2) is 47.6 Å². The van der Waals surface area contributed by atoms with E-state index in [4.69, 9.17) is 0 Å². The van der Waals surface area contributed by atoms with Gasteiger partial charge in [0.25, 0.3) is 0 Å². The molecule has 0 unspecified atom stereocenters. The Balaban J connectivity index is 1.57. The molecule has 3 rings (SSSR count). The van der Waals surface area contributed by atoms with Crippen LogP contribution in [0.4, 0.5) is 0 Å². The van der Waals surface area contributed by atoms with Crippen molar-refractivity contribution in [2.75, 3.05) is 6.54 Å². The van der Waals surface area contributed by atoms with Gasteiger partial charge in [-0.1, -0.05) is 42.2 Å². The van der Waals surface area contributed by atoms with Gasteiger partial charge in [-0.25, -0.2) is 4.99 Å². The molecule has 0 atom stereocenters. The molecule has 5 nitrogen and oxygen atoms in total. The summed E-state index contributed by atoms with van der Waals surface area (Å²) in [6.07, 6.45) is 4.44. The van der Waals surface area contributed by atoms with E-state index in [2.05, 4.69) is 44.7 Å². The summed E-state index contributed by atoms with van der Waals surface area (Å²) in [5.41, 5.74) is 2.16. The zero-order valence-corrected chi connectivity index (χ0v) is 14.0. The number of rotatable bonds is 5. The molecule has 0 aliphatic heterocycles. The van der Waals surface area contributed by atoms with Crippen molar-refractivity contribution >= 4 is 5.96 Å². The van der Waals surface area contributed by atoms with Gasteiger partial charge in [0, 0.05) is 19.2 Å². The van der Waals surface area contributed by atoms with Crippen molar-refractivity contribution in [2.24, 2.45) is 18.0 Å². The molecule has 2 N–H and O–H groups in total. The Morgan fingerprint density at radius 3 is 2.79 bits per heavy atom. The van der Waals surface area contributed by atoms with Gasteiger partial charge >= 0.3 is 0 Å². The second kappa shape index (κ2) is 8.21. The third-order valence-electron chi connectivity index (χ3n) is 3.70. The Labute approximate surface area is 143 Å². The van der Waals surface area contributed by atoms with E-state index in [-0.39, 0.29) is 0 Å². The molecule has 0 saturated heterocycles. The zero-order chi connectivity index (χ0) is 16.6. The fourth-order valence-electron chi connectivity index (χ4n) is 2.21. The van der Waals surface area contributed by atoms with Crippen molar-refractivity contribution in [3.63, 3.8) is 0 Å². The van der Waals surface area contributed by atoms with Crippen LogP contribution in [0.2, 0.25) is 0 Å². The quantitative estimate of drug-likeness (QED) is 0.503. The summed E-state index contributed by atoms with van der Waals surface area (Å²) in [7, 11) is 1.92. The second-order valence-electron chi connectivity index (χ2n) is 5.93. The molecule has 1 aliphatic carbocycles. The lowest BCUT2D eigenvalue weighted by molar-refractivity contribution is 0.723. The predicted molar refractivity (Wildman–Crippen MR) is 96.1 cm³/mol. The molecule has 1 saturated carbocycles. The lowest BCUT2D eigenvalue weighted by Gasteiger charge is -2.10. The summed E-state index contributed by atoms with van der Waals surface area (Å²) < 4.78 is 1.80. The van der Waals surface area contributed by atoms with E-state index < -0.39 is 0 Å². The first kappa shape index (κ1) is 16.1. The number of guanidine groups is 1. The summed E-state index contributed by atoms with van der Waals surface area (Å²) in [5, 5.41) is 11.0. The lowest BCUT2D eigenvalue weighted by Crippen LogP contribution is -2.37. The fraction of sp³-hybridized carbons (Fsp3) is 0.368. The number of benzene rings is 1. The minimum absolute atomic E-state index is 0.610. The van der Waals surface area contributed by atoms with Crippen molar-refractivity contribution in [3.8, 4) is 11.8 Å². The van der Waals surface area contributed by atoms with Crippen LogP contribution >= 0.6 is 0 Å². The molecular formula is C19H23N5. The Kier molecular flexibility index (Phi) is 5.52. The van der Waals surface area contributed by atoms with E-state index in [1.165, 1.54) is 18.4 Å². The van der Waals surface area contributed by atoms with Crippen LogP contribution in [0, 0.1) is 17.8 Å². The van der Waals surface area contributed by atoms with Gasteiger partial charge < -0.3 is 10.6 Å². The minimum Gasteiger partial charge on any atom is -0.351 e. The smallest absolute Gasteiger partial charge is 0.192 e. The Morgan fingerprint density at radius 1 is 1.25 bits per heavy atom. The molecule has 0 radical (unpaired) electrons. The molecule has 1 fully saturated rings. The fourth-order valence-corrected chi connectivity index (χ4v) is 2.21. The number of nitrogens with zero attached hydrogens (tertiary/aromatic N) is 3. The summed E-state index contributed by atoms with van der Waals surface area (Å²) in [4.78, 5) is 4.64. The first-order valence-corrected chi connectivity index (χ1v) is 8.32. The van der Waals surface area contributed by atoms with Crippen LogP contribution in [-0.4, -0.2) is 22.3 Å². The van der Waals surface area contributed by atoms with E-state index in [1.807, 2.05) is 37.5 Å². The largest absolute Gasteiger partial charge is 0.351 e. The molecule has 24 heavy (non-hydrogen) atoms. The molecule has 1 aliphatic rings. The molecule has 2 aromatic rings. The lowest BCUT2D eigenvalue weighted by atomic mass is 10.2. The van der Waals surface area contributed by atoms with Crippen molar-refractivity contribution in [2.45, 2.75) is 25.9 Å². The van der Waals surface area contributed by atoms with Crippen molar-refractivity contribution < 1.29 is 0 Å². The highest BCUT2D eigenvalue weighted by Gasteiger charge is 2.17. The number of aliphatic imine (C=N–C) groups is 1. The van der Waals surface area contributed by atoms with E-state index in [0.717, 1.165) is 11.7 Å². The monoisotopic (exact) mass is 321 g/mol. The number of aryl methyl sites for hydroxylation is 1. The van der Waals surface area contributed by atoms with Crippen LogP contribution in [0.3, 0.4) is 0 Å². The van der Waals surface area contributed by atoms with Crippen molar-refractivity contribution in [1.29, 1.82) is 0 Å². The van der Waals surface area contributed by atoms with Gasteiger partial charge in [0.2, 0.25) is 0 Å². The average Bonchev–Trinajstić information content (AvgIpc) is 3.34. The van der Waals surface area contributed by atoms with Gasteiger partial charge in [0.05, 0.1) is 25.3 Å². The Bertz CT molecular complexity index is 732. The molecule has 0 spiro atoms. The van der Waals surface area contributed by atoms with E-state index >= 15 is 0 Å². The normalized spacial score (nSPS) is 14.0. The number of hydrogen-bond acceptors (Lipinski definition) is 2. The molecule has 1 heterocycles. The van der Waals surface area contributed by atoms with E-state index in [9.17, 15) is 0 Å². The topological polar surface area (TPSA) is 54.2 Å². The highest BCUT2D eigenvalue weighted by Crippen LogP contribution is 2.27. The number of nitrogens with one attached hydrogen (secondary N) is 2. The van der Waals surface area contributed by atoms with Crippen LogP contribution in [0.5, 0.6) is 0 Å². The average molecular weight is 321 g/mol. The SMILES string of the molecule is Cn1ccc(CNC(=NCc2ccccc2)NCC#CC2CC2)n1.